The molecule has 0 saturated carbocycles. The third kappa shape index (κ3) is 6.19. The second-order valence-electron chi connectivity index (χ2n) is 4.56. The minimum absolute atomic E-state index is 0.0790. The molecule has 0 aliphatic rings. The minimum Gasteiger partial charge on any atom is -0.396 e. The molecule has 1 heterocycles. The summed E-state index contributed by atoms with van der Waals surface area (Å²) in [6.07, 6.45) is 1.96. The molecule has 0 bridgehead atoms. The van der Waals surface area contributed by atoms with Crippen molar-refractivity contribution in [1.29, 1.82) is 0 Å². The number of aryl methyl sites for hydroxylation is 1. The van der Waals surface area contributed by atoms with Crippen molar-refractivity contribution in [1.82, 2.24) is 20.8 Å². The van der Waals surface area contributed by atoms with Gasteiger partial charge in [0.15, 0.2) is 5.82 Å². The van der Waals surface area contributed by atoms with Gasteiger partial charge in [0, 0.05) is 32.0 Å². The molecule has 0 aliphatic carbocycles. The molecule has 108 valence electrons. The molecule has 1 aromatic heterocycles. The van der Waals surface area contributed by atoms with Gasteiger partial charge in [-0.1, -0.05) is 19.0 Å². The maximum Gasteiger partial charge on any atom is 0.314 e. The van der Waals surface area contributed by atoms with Gasteiger partial charge in [0.2, 0.25) is 5.89 Å². The lowest BCUT2D eigenvalue weighted by atomic mass is 10.2. The van der Waals surface area contributed by atoms with E-state index in [9.17, 15) is 4.79 Å². The van der Waals surface area contributed by atoms with E-state index in [4.69, 9.17) is 9.63 Å². The predicted octanol–water partition coefficient (Wildman–Crippen LogP) is 0.807. The Morgan fingerprint density at radius 2 is 2.00 bits per heavy atom. The van der Waals surface area contributed by atoms with Crippen molar-refractivity contribution < 1.29 is 14.4 Å². The van der Waals surface area contributed by atoms with E-state index >= 15 is 0 Å². The van der Waals surface area contributed by atoms with E-state index in [1.165, 1.54) is 0 Å². The van der Waals surface area contributed by atoms with Gasteiger partial charge in [-0.05, 0) is 12.8 Å². The van der Waals surface area contributed by atoms with Crippen LogP contribution in [-0.2, 0) is 6.42 Å². The number of carbonyl (C=O) groups is 1. The monoisotopic (exact) mass is 270 g/mol. The van der Waals surface area contributed by atoms with Crippen LogP contribution in [0.1, 0.15) is 44.3 Å². The largest absolute Gasteiger partial charge is 0.396 e. The summed E-state index contributed by atoms with van der Waals surface area (Å²) >= 11 is 0. The molecule has 0 aliphatic heterocycles. The van der Waals surface area contributed by atoms with Gasteiger partial charge in [-0.15, -0.1) is 0 Å². The number of aromatic nitrogens is 2. The molecule has 0 radical (unpaired) electrons. The summed E-state index contributed by atoms with van der Waals surface area (Å²) in [6.45, 7) is 5.11. The van der Waals surface area contributed by atoms with Crippen molar-refractivity contribution in [3.63, 3.8) is 0 Å². The quantitative estimate of drug-likeness (QED) is 0.607. The summed E-state index contributed by atoms with van der Waals surface area (Å²) in [5.41, 5.74) is 0. The van der Waals surface area contributed by atoms with Crippen molar-refractivity contribution in [3.05, 3.63) is 11.7 Å². The van der Waals surface area contributed by atoms with E-state index in [1.807, 2.05) is 13.8 Å². The summed E-state index contributed by atoms with van der Waals surface area (Å²) in [6, 6.07) is -0.221. The first kappa shape index (κ1) is 15.4. The normalized spacial score (nSPS) is 10.7. The predicted molar refractivity (Wildman–Crippen MR) is 69.8 cm³/mol. The van der Waals surface area contributed by atoms with Crippen LogP contribution in [0.2, 0.25) is 0 Å². The van der Waals surface area contributed by atoms with E-state index < -0.39 is 0 Å². The van der Waals surface area contributed by atoms with Crippen molar-refractivity contribution in [2.75, 3.05) is 19.7 Å². The molecule has 2 amide bonds. The number of rotatable bonds is 8. The standard InChI is InChI=1S/C12H22N4O3/c1-9(2)11-15-10(19-16-11)5-3-6-13-12(18)14-7-4-8-17/h9,17H,3-8H2,1-2H3,(H2,13,14,18). The van der Waals surface area contributed by atoms with Gasteiger partial charge in [-0.3, -0.25) is 0 Å². The Morgan fingerprint density at radius 3 is 2.58 bits per heavy atom. The number of nitrogens with one attached hydrogen (secondary N) is 2. The number of carbonyl (C=O) groups excluding carboxylic acids is 1. The van der Waals surface area contributed by atoms with Crippen molar-refractivity contribution in [3.8, 4) is 0 Å². The van der Waals surface area contributed by atoms with Crippen LogP contribution < -0.4 is 10.6 Å². The fourth-order valence-corrected chi connectivity index (χ4v) is 1.39. The van der Waals surface area contributed by atoms with Crippen molar-refractivity contribution in [2.45, 2.75) is 39.0 Å². The van der Waals surface area contributed by atoms with Crippen LogP contribution in [0.25, 0.3) is 0 Å². The van der Waals surface area contributed by atoms with Crippen LogP contribution in [0.5, 0.6) is 0 Å². The maximum absolute atomic E-state index is 11.3. The molecule has 0 aromatic carbocycles. The summed E-state index contributed by atoms with van der Waals surface area (Å²) < 4.78 is 5.10. The summed E-state index contributed by atoms with van der Waals surface area (Å²) in [7, 11) is 0. The molecule has 0 saturated heterocycles. The lowest BCUT2D eigenvalue weighted by molar-refractivity contribution is 0.238. The number of aliphatic hydroxyl groups is 1. The van der Waals surface area contributed by atoms with Gasteiger partial charge >= 0.3 is 6.03 Å². The van der Waals surface area contributed by atoms with E-state index in [0.29, 0.717) is 37.6 Å². The maximum atomic E-state index is 11.3. The van der Waals surface area contributed by atoms with Gasteiger partial charge in [-0.2, -0.15) is 4.98 Å². The number of urea groups is 1. The third-order valence-corrected chi connectivity index (χ3v) is 2.47. The first-order valence-electron chi connectivity index (χ1n) is 6.58. The second-order valence-corrected chi connectivity index (χ2v) is 4.56. The molecule has 0 atom stereocenters. The average Bonchev–Trinajstić information content (AvgIpc) is 2.84. The molecular formula is C12H22N4O3. The number of amides is 2. The highest BCUT2D eigenvalue weighted by molar-refractivity contribution is 5.73. The first-order chi connectivity index (χ1) is 9.13. The van der Waals surface area contributed by atoms with Crippen LogP contribution >= 0.6 is 0 Å². The Kier molecular flexibility index (Phi) is 6.88. The number of hydrogen-bond donors (Lipinski definition) is 3. The Hall–Kier alpha value is -1.63. The zero-order valence-electron chi connectivity index (χ0n) is 11.5. The zero-order chi connectivity index (χ0) is 14.1. The lowest BCUT2D eigenvalue weighted by Crippen LogP contribution is -2.36. The Balaban J connectivity index is 2.11. The van der Waals surface area contributed by atoms with E-state index in [-0.39, 0.29) is 18.6 Å². The van der Waals surface area contributed by atoms with Gasteiger partial charge in [-0.25, -0.2) is 4.79 Å². The fourth-order valence-electron chi connectivity index (χ4n) is 1.39. The molecule has 19 heavy (non-hydrogen) atoms. The van der Waals surface area contributed by atoms with Gasteiger partial charge in [0.25, 0.3) is 0 Å². The molecule has 7 heteroatoms. The Labute approximate surface area is 112 Å². The average molecular weight is 270 g/mol. The van der Waals surface area contributed by atoms with Crippen LogP contribution in [0, 0.1) is 0 Å². The van der Waals surface area contributed by atoms with Crippen LogP contribution in [-0.4, -0.2) is 41.0 Å². The molecule has 3 N–H and O–H groups in total. The smallest absolute Gasteiger partial charge is 0.314 e. The SMILES string of the molecule is CC(C)c1noc(CCCNC(=O)NCCCO)n1. The summed E-state index contributed by atoms with van der Waals surface area (Å²) in [5, 5.41) is 17.8. The number of nitrogens with zero attached hydrogens (tertiary/aromatic N) is 2. The third-order valence-electron chi connectivity index (χ3n) is 2.47. The van der Waals surface area contributed by atoms with E-state index in [2.05, 4.69) is 20.8 Å². The molecule has 1 rings (SSSR count). The highest BCUT2D eigenvalue weighted by Gasteiger charge is 2.09. The topological polar surface area (TPSA) is 100 Å². The van der Waals surface area contributed by atoms with E-state index in [1.54, 1.807) is 0 Å². The molecular weight excluding hydrogens is 248 g/mol. The molecule has 7 nitrogen and oxygen atoms in total. The van der Waals surface area contributed by atoms with Crippen LogP contribution in [0.4, 0.5) is 4.79 Å². The highest BCUT2D eigenvalue weighted by atomic mass is 16.5. The summed E-state index contributed by atoms with van der Waals surface area (Å²) in [4.78, 5) is 15.5. The van der Waals surface area contributed by atoms with Gasteiger partial charge in [0.1, 0.15) is 0 Å². The van der Waals surface area contributed by atoms with Gasteiger partial charge in [0.05, 0.1) is 0 Å². The summed E-state index contributed by atoms with van der Waals surface area (Å²) in [5.74, 6) is 1.57. The molecule has 0 spiro atoms. The highest BCUT2D eigenvalue weighted by Crippen LogP contribution is 2.10. The second kappa shape index (κ2) is 8.47. The van der Waals surface area contributed by atoms with Gasteiger partial charge < -0.3 is 20.3 Å². The molecule has 0 fully saturated rings. The van der Waals surface area contributed by atoms with Crippen molar-refractivity contribution >= 4 is 6.03 Å². The number of aliphatic hydroxyl groups excluding tert-OH is 1. The fraction of sp³-hybridized carbons (Fsp3) is 0.750. The Bertz CT molecular complexity index is 379. The van der Waals surface area contributed by atoms with E-state index in [0.717, 1.165) is 6.42 Å². The molecule has 0 unspecified atom stereocenters. The zero-order valence-corrected chi connectivity index (χ0v) is 11.5. The lowest BCUT2D eigenvalue weighted by Gasteiger charge is -2.05. The van der Waals surface area contributed by atoms with Crippen LogP contribution in [0.15, 0.2) is 4.52 Å². The minimum atomic E-state index is -0.221. The molecule has 1 aromatic rings. The first-order valence-corrected chi connectivity index (χ1v) is 6.58. The van der Waals surface area contributed by atoms with Crippen LogP contribution in [0.3, 0.4) is 0 Å². The van der Waals surface area contributed by atoms with Crippen molar-refractivity contribution in [2.24, 2.45) is 0 Å². The number of hydrogen-bond acceptors (Lipinski definition) is 5. The Morgan fingerprint density at radius 1 is 1.32 bits per heavy atom.